The molecule has 0 spiro atoms. The molecule has 4 nitrogen and oxygen atoms in total. The zero-order valence-electron chi connectivity index (χ0n) is 13.5. The standard InChI is InChI=1S/C18H24N2O2/c1-13(2)8-10-19-18(22)12-17-16-7-5-4-6-15(16)9-11-20(17)14(3)21/h4-7,9,11,13,17H,8,10,12H2,1-3H3,(H,19,22). The van der Waals surface area contributed by atoms with Gasteiger partial charge < -0.3 is 10.2 Å². The van der Waals surface area contributed by atoms with E-state index in [4.69, 9.17) is 0 Å². The van der Waals surface area contributed by atoms with Crippen LogP contribution in [0.1, 0.15) is 50.8 Å². The van der Waals surface area contributed by atoms with Gasteiger partial charge in [-0.3, -0.25) is 9.59 Å². The van der Waals surface area contributed by atoms with Gasteiger partial charge in [0.25, 0.3) is 0 Å². The molecule has 1 N–H and O–H groups in total. The van der Waals surface area contributed by atoms with Gasteiger partial charge in [-0.05, 0) is 29.5 Å². The Kier molecular flexibility index (Phi) is 5.36. The third kappa shape index (κ3) is 3.97. The molecule has 1 aliphatic heterocycles. The minimum Gasteiger partial charge on any atom is -0.356 e. The average molecular weight is 300 g/mol. The van der Waals surface area contributed by atoms with E-state index in [1.807, 2.05) is 30.3 Å². The van der Waals surface area contributed by atoms with Crippen LogP contribution in [0.5, 0.6) is 0 Å². The minimum atomic E-state index is -0.224. The second kappa shape index (κ2) is 7.25. The van der Waals surface area contributed by atoms with Gasteiger partial charge in [0, 0.05) is 19.7 Å². The van der Waals surface area contributed by atoms with Gasteiger partial charge in [0.05, 0.1) is 12.5 Å². The summed E-state index contributed by atoms with van der Waals surface area (Å²) in [6.45, 7) is 6.47. The zero-order valence-corrected chi connectivity index (χ0v) is 13.5. The van der Waals surface area contributed by atoms with Crippen LogP contribution in [0.4, 0.5) is 0 Å². The highest BCUT2D eigenvalue weighted by molar-refractivity contribution is 5.81. The van der Waals surface area contributed by atoms with Gasteiger partial charge in [0.2, 0.25) is 11.8 Å². The number of fused-ring (bicyclic) bond motifs is 1. The number of hydrogen-bond acceptors (Lipinski definition) is 2. The van der Waals surface area contributed by atoms with Gasteiger partial charge in [-0.1, -0.05) is 38.1 Å². The monoisotopic (exact) mass is 300 g/mol. The van der Waals surface area contributed by atoms with Crippen LogP contribution in [0, 0.1) is 5.92 Å². The summed E-state index contributed by atoms with van der Waals surface area (Å²) in [6.07, 6.45) is 4.95. The summed E-state index contributed by atoms with van der Waals surface area (Å²) in [5, 5.41) is 2.95. The summed E-state index contributed by atoms with van der Waals surface area (Å²) in [4.78, 5) is 25.7. The highest BCUT2D eigenvalue weighted by Crippen LogP contribution is 2.32. The molecule has 0 radical (unpaired) electrons. The Hall–Kier alpha value is -2.10. The third-order valence-electron chi connectivity index (χ3n) is 3.89. The molecule has 2 rings (SSSR count). The first-order valence-corrected chi connectivity index (χ1v) is 7.81. The summed E-state index contributed by atoms with van der Waals surface area (Å²) >= 11 is 0. The average Bonchev–Trinajstić information content (AvgIpc) is 2.46. The van der Waals surface area contributed by atoms with Crippen LogP contribution in [0.15, 0.2) is 30.5 Å². The fraction of sp³-hybridized carbons (Fsp3) is 0.444. The van der Waals surface area contributed by atoms with Crippen LogP contribution >= 0.6 is 0 Å². The molecule has 1 unspecified atom stereocenters. The van der Waals surface area contributed by atoms with Gasteiger partial charge in [0.1, 0.15) is 0 Å². The highest BCUT2D eigenvalue weighted by atomic mass is 16.2. The molecule has 22 heavy (non-hydrogen) atoms. The molecule has 0 aromatic heterocycles. The Morgan fingerprint density at radius 3 is 2.68 bits per heavy atom. The predicted octanol–water partition coefficient (Wildman–Crippen LogP) is 3.11. The first-order chi connectivity index (χ1) is 10.5. The maximum atomic E-state index is 12.2. The second-order valence-corrected chi connectivity index (χ2v) is 6.12. The van der Waals surface area contributed by atoms with Crippen LogP contribution in [-0.2, 0) is 9.59 Å². The van der Waals surface area contributed by atoms with E-state index in [1.165, 1.54) is 6.92 Å². The van der Waals surface area contributed by atoms with Crippen molar-refractivity contribution in [3.05, 3.63) is 41.6 Å². The predicted molar refractivity (Wildman–Crippen MR) is 87.8 cm³/mol. The molecule has 4 heteroatoms. The molecule has 0 fully saturated rings. The SMILES string of the molecule is CC(=O)N1C=Cc2ccccc2C1CC(=O)NCCC(C)C. The number of carbonyl (C=O) groups is 2. The van der Waals surface area contributed by atoms with Crippen LogP contribution < -0.4 is 5.32 Å². The van der Waals surface area contributed by atoms with E-state index in [-0.39, 0.29) is 17.9 Å². The number of nitrogens with zero attached hydrogens (tertiary/aromatic N) is 1. The number of amides is 2. The Morgan fingerprint density at radius 2 is 2.00 bits per heavy atom. The first kappa shape index (κ1) is 16.3. The largest absolute Gasteiger partial charge is 0.356 e. The van der Waals surface area contributed by atoms with E-state index in [9.17, 15) is 9.59 Å². The molecule has 1 aliphatic rings. The zero-order chi connectivity index (χ0) is 16.1. The van der Waals surface area contributed by atoms with E-state index in [0.717, 1.165) is 17.5 Å². The van der Waals surface area contributed by atoms with E-state index < -0.39 is 0 Å². The molecule has 1 atom stereocenters. The fourth-order valence-electron chi connectivity index (χ4n) is 2.66. The van der Waals surface area contributed by atoms with E-state index in [2.05, 4.69) is 19.2 Å². The van der Waals surface area contributed by atoms with Crippen molar-refractivity contribution in [1.29, 1.82) is 0 Å². The number of hydrogen-bond donors (Lipinski definition) is 1. The van der Waals surface area contributed by atoms with Gasteiger partial charge in [0.15, 0.2) is 0 Å². The molecular formula is C18H24N2O2. The summed E-state index contributed by atoms with van der Waals surface area (Å²) in [5.74, 6) is 0.500. The Labute approximate surface area is 132 Å². The summed E-state index contributed by atoms with van der Waals surface area (Å²) in [6, 6.07) is 7.68. The number of carbonyl (C=O) groups excluding carboxylic acids is 2. The molecule has 118 valence electrons. The third-order valence-corrected chi connectivity index (χ3v) is 3.89. The summed E-state index contributed by atoms with van der Waals surface area (Å²) in [5.41, 5.74) is 2.10. The maximum Gasteiger partial charge on any atom is 0.223 e. The van der Waals surface area contributed by atoms with Gasteiger partial charge in [-0.25, -0.2) is 0 Å². The van der Waals surface area contributed by atoms with E-state index in [0.29, 0.717) is 18.9 Å². The van der Waals surface area contributed by atoms with E-state index >= 15 is 0 Å². The fourth-order valence-corrected chi connectivity index (χ4v) is 2.66. The smallest absolute Gasteiger partial charge is 0.223 e. The molecule has 0 saturated heterocycles. The quantitative estimate of drug-likeness (QED) is 0.908. The highest BCUT2D eigenvalue weighted by Gasteiger charge is 2.27. The normalized spacial score (nSPS) is 16.5. The number of benzene rings is 1. The van der Waals surface area contributed by atoms with Crippen LogP contribution in [0.3, 0.4) is 0 Å². The van der Waals surface area contributed by atoms with Crippen molar-refractivity contribution in [1.82, 2.24) is 10.2 Å². The van der Waals surface area contributed by atoms with Crippen molar-refractivity contribution >= 4 is 17.9 Å². The first-order valence-electron chi connectivity index (χ1n) is 7.81. The number of rotatable bonds is 5. The van der Waals surface area contributed by atoms with Crippen molar-refractivity contribution < 1.29 is 9.59 Å². The van der Waals surface area contributed by atoms with Crippen LogP contribution in [-0.4, -0.2) is 23.3 Å². The van der Waals surface area contributed by atoms with E-state index in [1.54, 1.807) is 11.1 Å². The summed E-state index contributed by atoms with van der Waals surface area (Å²) in [7, 11) is 0. The van der Waals surface area contributed by atoms with Gasteiger partial charge in [-0.2, -0.15) is 0 Å². The Balaban J connectivity index is 2.10. The van der Waals surface area contributed by atoms with Gasteiger partial charge in [-0.15, -0.1) is 0 Å². The molecule has 0 saturated carbocycles. The lowest BCUT2D eigenvalue weighted by atomic mass is 9.93. The van der Waals surface area contributed by atoms with Crippen molar-refractivity contribution in [3.63, 3.8) is 0 Å². The van der Waals surface area contributed by atoms with Gasteiger partial charge >= 0.3 is 0 Å². The molecule has 1 aromatic carbocycles. The lowest BCUT2D eigenvalue weighted by Gasteiger charge is -2.32. The molecular weight excluding hydrogens is 276 g/mol. The van der Waals surface area contributed by atoms with Crippen LogP contribution in [0.2, 0.25) is 0 Å². The van der Waals surface area contributed by atoms with Crippen molar-refractivity contribution in [2.75, 3.05) is 6.54 Å². The van der Waals surface area contributed by atoms with Crippen molar-refractivity contribution in [2.24, 2.45) is 5.92 Å². The topological polar surface area (TPSA) is 49.4 Å². The number of nitrogens with one attached hydrogen (secondary N) is 1. The van der Waals surface area contributed by atoms with Crippen molar-refractivity contribution in [2.45, 2.75) is 39.7 Å². The molecule has 1 aromatic rings. The lowest BCUT2D eigenvalue weighted by molar-refractivity contribution is -0.129. The molecule has 1 heterocycles. The lowest BCUT2D eigenvalue weighted by Crippen LogP contribution is -2.35. The summed E-state index contributed by atoms with van der Waals surface area (Å²) < 4.78 is 0. The Bertz CT molecular complexity index is 578. The second-order valence-electron chi connectivity index (χ2n) is 6.12. The Morgan fingerprint density at radius 1 is 1.27 bits per heavy atom. The van der Waals surface area contributed by atoms with Crippen molar-refractivity contribution in [3.8, 4) is 0 Å². The maximum absolute atomic E-state index is 12.2. The molecule has 0 aliphatic carbocycles. The molecule has 0 bridgehead atoms. The molecule has 2 amide bonds. The minimum absolute atomic E-state index is 0.0120. The van der Waals surface area contributed by atoms with Crippen LogP contribution in [0.25, 0.3) is 6.08 Å².